The highest BCUT2D eigenvalue weighted by Gasteiger charge is 2.20. The van der Waals surface area contributed by atoms with Crippen LogP contribution in [-0.4, -0.2) is 48.5 Å². The zero-order valence-corrected chi connectivity index (χ0v) is 15.9. The number of pyridine rings is 1. The Bertz CT molecular complexity index is 949. The molecule has 0 atom stereocenters. The molecular formula is C20H23FN4O3. The van der Waals surface area contributed by atoms with Crippen molar-refractivity contribution in [2.75, 3.05) is 37.4 Å². The molecule has 0 aliphatic carbocycles. The summed E-state index contributed by atoms with van der Waals surface area (Å²) in [5, 5.41) is 2.66. The van der Waals surface area contributed by atoms with Crippen LogP contribution in [0.5, 0.6) is 0 Å². The molecule has 1 aliphatic rings. The normalized spacial score (nSPS) is 13.5. The lowest BCUT2D eigenvalue weighted by molar-refractivity contribution is -0.129. The number of carbonyl (C=O) groups is 2. The van der Waals surface area contributed by atoms with E-state index in [1.807, 2.05) is 0 Å². The van der Waals surface area contributed by atoms with E-state index >= 15 is 0 Å². The number of anilines is 2. The van der Waals surface area contributed by atoms with E-state index in [-0.39, 0.29) is 18.0 Å². The average molecular weight is 386 g/mol. The van der Waals surface area contributed by atoms with Crippen molar-refractivity contribution >= 4 is 23.2 Å². The van der Waals surface area contributed by atoms with Gasteiger partial charge in [-0.1, -0.05) is 0 Å². The van der Waals surface area contributed by atoms with Crippen LogP contribution in [0.1, 0.15) is 23.2 Å². The zero-order chi connectivity index (χ0) is 20.3. The third-order valence-electron chi connectivity index (χ3n) is 4.72. The number of amides is 2. The summed E-state index contributed by atoms with van der Waals surface area (Å²) in [6, 6.07) is 7.17. The zero-order valence-electron chi connectivity index (χ0n) is 15.9. The molecule has 8 heteroatoms. The molecule has 28 heavy (non-hydrogen) atoms. The molecule has 2 aromatic rings. The van der Waals surface area contributed by atoms with E-state index in [1.165, 1.54) is 39.9 Å². The van der Waals surface area contributed by atoms with Gasteiger partial charge in [0.1, 0.15) is 17.9 Å². The van der Waals surface area contributed by atoms with E-state index in [9.17, 15) is 18.8 Å². The molecule has 2 amide bonds. The van der Waals surface area contributed by atoms with Gasteiger partial charge in [0.25, 0.3) is 11.5 Å². The standard InChI is InChI=1S/C20H23FN4O3/c1-23(2)18(26)13-25-11-5-6-15(20(25)28)19(27)22-16-12-14(21)7-8-17(16)24-9-3-4-10-24/h5-8,11-12H,3-4,9-10,13H2,1-2H3,(H,22,27). The Morgan fingerprint density at radius 2 is 1.89 bits per heavy atom. The minimum absolute atomic E-state index is 0.106. The van der Waals surface area contributed by atoms with Gasteiger partial charge >= 0.3 is 0 Å². The third-order valence-corrected chi connectivity index (χ3v) is 4.72. The van der Waals surface area contributed by atoms with Gasteiger partial charge in [-0.25, -0.2) is 4.39 Å². The molecule has 3 rings (SSSR count). The molecule has 1 aromatic carbocycles. The minimum atomic E-state index is -0.636. The summed E-state index contributed by atoms with van der Waals surface area (Å²) in [5.41, 5.74) is 0.373. The molecule has 1 saturated heterocycles. The number of nitrogens with one attached hydrogen (secondary N) is 1. The van der Waals surface area contributed by atoms with Gasteiger partial charge in [-0.3, -0.25) is 14.4 Å². The second-order valence-electron chi connectivity index (χ2n) is 6.95. The molecule has 7 nitrogen and oxygen atoms in total. The highest BCUT2D eigenvalue weighted by molar-refractivity contribution is 6.05. The van der Waals surface area contributed by atoms with Crippen LogP contribution < -0.4 is 15.8 Å². The van der Waals surface area contributed by atoms with Crippen molar-refractivity contribution in [3.05, 3.63) is 58.3 Å². The van der Waals surface area contributed by atoms with E-state index < -0.39 is 17.3 Å². The molecule has 148 valence electrons. The molecule has 0 unspecified atom stereocenters. The number of halogens is 1. The summed E-state index contributed by atoms with van der Waals surface area (Å²) in [4.78, 5) is 40.7. The summed E-state index contributed by atoms with van der Waals surface area (Å²) in [7, 11) is 3.18. The van der Waals surface area contributed by atoms with Crippen molar-refractivity contribution in [1.29, 1.82) is 0 Å². The summed E-state index contributed by atoms with van der Waals surface area (Å²) < 4.78 is 15.0. The number of carbonyl (C=O) groups excluding carboxylic acids is 2. The van der Waals surface area contributed by atoms with Crippen LogP contribution in [0.4, 0.5) is 15.8 Å². The number of nitrogens with zero attached hydrogens (tertiary/aromatic N) is 3. The SMILES string of the molecule is CN(C)C(=O)Cn1cccc(C(=O)Nc2cc(F)ccc2N2CCCC2)c1=O. The first kappa shape index (κ1) is 19.6. The first-order chi connectivity index (χ1) is 13.4. The lowest BCUT2D eigenvalue weighted by Gasteiger charge is -2.21. The predicted octanol–water partition coefficient (Wildman–Crippen LogP) is 1.93. The fourth-order valence-corrected chi connectivity index (χ4v) is 3.15. The molecule has 0 spiro atoms. The van der Waals surface area contributed by atoms with Crippen molar-refractivity contribution in [3.8, 4) is 0 Å². The van der Waals surface area contributed by atoms with E-state index in [1.54, 1.807) is 20.2 Å². The van der Waals surface area contributed by atoms with Crippen molar-refractivity contribution in [2.45, 2.75) is 19.4 Å². The molecule has 0 radical (unpaired) electrons. The fourth-order valence-electron chi connectivity index (χ4n) is 3.15. The largest absolute Gasteiger partial charge is 0.370 e. The Hall–Kier alpha value is -3.16. The van der Waals surface area contributed by atoms with E-state index in [4.69, 9.17) is 0 Å². The van der Waals surface area contributed by atoms with Crippen molar-refractivity contribution in [3.63, 3.8) is 0 Å². The predicted molar refractivity (Wildman–Crippen MR) is 105 cm³/mol. The third kappa shape index (κ3) is 4.21. The molecule has 1 fully saturated rings. The Labute approximate surface area is 162 Å². The quantitative estimate of drug-likeness (QED) is 0.852. The second-order valence-corrected chi connectivity index (χ2v) is 6.95. The first-order valence-corrected chi connectivity index (χ1v) is 9.12. The molecule has 1 N–H and O–H groups in total. The van der Waals surface area contributed by atoms with Crippen molar-refractivity contribution in [2.24, 2.45) is 0 Å². The maximum atomic E-state index is 13.8. The van der Waals surface area contributed by atoms with Crippen LogP contribution >= 0.6 is 0 Å². The smallest absolute Gasteiger partial charge is 0.263 e. The summed E-state index contributed by atoms with van der Waals surface area (Å²) >= 11 is 0. The van der Waals surface area contributed by atoms with Gasteiger partial charge in [0.05, 0.1) is 11.4 Å². The van der Waals surface area contributed by atoms with Gasteiger partial charge in [0.2, 0.25) is 5.91 Å². The summed E-state index contributed by atoms with van der Waals surface area (Å²) in [6.45, 7) is 1.50. The number of rotatable bonds is 5. The summed E-state index contributed by atoms with van der Waals surface area (Å²) in [5.74, 6) is -1.37. The van der Waals surface area contributed by atoms with E-state index in [0.717, 1.165) is 31.6 Å². The van der Waals surface area contributed by atoms with Crippen LogP contribution in [0, 0.1) is 5.82 Å². The lowest BCUT2D eigenvalue weighted by atomic mass is 10.2. The number of likely N-dealkylation sites (N-methyl/N-ethyl adjacent to an activating group) is 1. The van der Waals surface area contributed by atoms with Gasteiger partial charge in [-0.2, -0.15) is 0 Å². The molecular weight excluding hydrogens is 363 g/mol. The van der Waals surface area contributed by atoms with Crippen LogP contribution in [0.2, 0.25) is 0 Å². The Morgan fingerprint density at radius 3 is 2.57 bits per heavy atom. The van der Waals surface area contributed by atoms with Crippen LogP contribution in [0.25, 0.3) is 0 Å². The number of benzene rings is 1. The van der Waals surface area contributed by atoms with Crippen LogP contribution in [-0.2, 0) is 11.3 Å². The van der Waals surface area contributed by atoms with Gasteiger partial charge in [0, 0.05) is 33.4 Å². The van der Waals surface area contributed by atoms with Gasteiger partial charge in [-0.15, -0.1) is 0 Å². The fraction of sp³-hybridized carbons (Fsp3) is 0.350. The Kier molecular flexibility index (Phi) is 5.77. The van der Waals surface area contributed by atoms with Crippen LogP contribution in [0.3, 0.4) is 0 Å². The topological polar surface area (TPSA) is 74.7 Å². The maximum absolute atomic E-state index is 13.8. The Morgan fingerprint density at radius 1 is 1.18 bits per heavy atom. The number of hydrogen-bond acceptors (Lipinski definition) is 4. The highest BCUT2D eigenvalue weighted by Crippen LogP contribution is 2.30. The lowest BCUT2D eigenvalue weighted by Crippen LogP contribution is -2.34. The molecule has 1 aromatic heterocycles. The molecule has 0 saturated carbocycles. The Balaban J connectivity index is 1.87. The number of aromatic nitrogens is 1. The van der Waals surface area contributed by atoms with Crippen molar-refractivity contribution < 1.29 is 14.0 Å². The summed E-state index contributed by atoms with van der Waals surface area (Å²) in [6.07, 6.45) is 3.53. The van der Waals surface area contributed by atoms with Gasteiger partial charge < -0.3 is 19.7 Å². The average Bonchev–Trinajstić information content (AvgIpc) is 3.17. The number of hydrogen-bond donors (Lipinski definition) is 1. The van der Waals surface area contributed by atoms with E-state index in [2.05, 4.69) is 10.2 Å². The van der Waals surface area contributed by atoms with Crippen molar-refractivity contribution in [1.82, 2.24) is 9.47 Å². The first-order valence-electron chi connectivity index (χ1n) is 9.12. The highest BCUT2D eigenvalue weighted by atomic mass is 19.1. The second kappa shape index (κ2) is 8.24. The molecule has 2 heterocycles. The maximum Gasteiger partial charge on any atom is 0.263 e. The van der Waals surface area contributed by atoms with E-state index in [0.29, 0.717) is 5.69 Å². The monoisotopic (exact) mass is 386 g/mol. The minimum Gasteiger partial charge on any atom is -0.370 e. The van der Waals surface area contributed by atoms with Gasteiger partial charge in [-0.05, 0) is 43.2 Å². The molecule has 1 aliphatic heterocycles. The molecule has 0 bridgehead atoms. The van der Waals surface area contributed by atoms with Gasteiger partial charge in [0.15, 0.2) is 0 Å². The van der Waals surface area contributed by atoms with Crippen LogP contribution in [0.15, 0.2) is 41.3 Å².